The van der Waals surface area contributed by atoms with Gasteiger partial charge in [0.05, 0.1) is 10.0 Å². The summed E-state index contributed by atoms with van der Waals surface area (Å²) in [7, 11) is 0. The second-order valence-electron chi connectivity index (χ2n) is 5.05. The minimum Gasteiger partial charge on any atom is -0.351 e. The Morgan fingerprint density at radius 1 is 0.750 bits per heavy atom. The van der Waals surface area contributed by atoms with Crippen molar-refractivity contribution in [1.29, 1.82) is 0 Å². The van der Waals surface area contributed by atoms with Crippen LogP contribution in [0.2, 0.25) is 0 Å². The second-order valence-corrected chi connectivity index (χ2v) is 6.13. The molecule has 1 aromatic heterocycles. The van der Waals surface area contributed by atoms with Gasteiger partial charge < -0.3 is 11.1 Å². The maximum atomic E-state index is 12.3. The fraction of sp³-hybridized carbons (Fsp3) is 0. The Kier molecular flexibility index (Phi) is 4.58. The lowest BCUT2D eigenvalue weighted by Crippen LogP contribution is -2.18. The number of carbonyl (C=O) groups excluding carboxylic acids is 2. The van der Waals surface area contributed by atoms with Gasteiger partial charge in [0, 0.05) is 5.56 Å². The van der Waals surface area contributed by atoms with Gasteiger partial charge >= 0.3 is 6.03 Å². The number of primary amides is 1. The van der Waals surface area contributed by atoms with Gasteiger partial charge in [-0.3, -0.25) is 10.1 Å². The molecule has 120 valence electrons. The zero-order chi connectivity index (χ0) is 16.9. The molecule has 24 heavy (non-hydrogen) atoms. The van der Waals surface area contributed by atoms with Crippen LogP contribution in [0.4, 0.5) is 14.8 Å². The molecule has 4 N–H and O–H groups in total. The van der Waals surface area contributed by atoms with Crippen molar-refractivity contribution < 1.29 is 9.59 Å². The van der Waals surface area contributed by atoms with E-state index in [9.17, 15) is 9.59 Å². The van der Waals surface area contributed by atoms with E-state index in [-0.39, 0.29) is 5.91 Å². The molecule has 0 unspecified atom stereocenters. The van der Waals surface area contributed by atoms with Gasteiger partial charge in [-0.15, -0.1) is 11.3 Å². The Morgan fingerprint density at radius 2 is 1.33 bits per heavy atom. The van der Waals surface area contributed by atoms with Crippen molar-refractivity contribution >= 4 is 33.3 Å². The van der Waals surface area contributed by atoms with Crippen molar-refractivity contribution in [3.05, 3.63) is 72.3 Å². The number of amides is 3. The van der Waals surface area contributed by atoms with Crippen molar-refractivity contribution in [2.24, 2.45) is 5.73 Å². The summed E-state index contributed by atoms with van der Waals surface area (Å²) >= 11 is 1.24. The lowest BCUT2D eigenvalue weighted by Gasteiger charge is -2.05. The maximum absolute atomic E-state index is 12.3. The lowest BCUT2D eigenvalue weighted by molar-refractivity contribution is 0.102. The molecule has 0 fully saturated rings. The van der Waals surface area contributed by atoms with E-state index in [2.05, 4.69) is 10.6 Å². The van der Waals surface area contributed by atoms with Crippen molar-refractivity contribution in [3.63, 3.8) is 0 Å². The Balaban J connectivity index is 1.69. The summed E-state index contributed by atoms with van der Waals surface area (Å²) in [5, 5.41) is 6.48. The van der Waals surface area contributed by atoms with Crippen LogP contribution in [0.15, 0.2) is 66.7 Å². The first-order chi connectivity index (χ1) is 11.6. The van der Waals surface area contributed by atoms with Crippen LogP contribution in [-0.4, -0.2) is 11.9 Å². The van der Waals surface area contributed by atoms with Crippen LogP contribution in [0.25, 0.3) is 11.1 Å². The lowest BCUT2D eigenvalue weighted by atomic mass is 10.0. The van der Waals surface area contributed by atoms with Gasteiger partial charge in [0.15, 0.2) is 0 Å². The molecule has 3 rings (SSSR count). The summed E-state index contributed by atoms with van der Waals surface area (Å²) in [6.07, 6.45) is 0. The predicted molar refractivity (Wildman–Crippen MR) is 97.4 cm³/mol. The summed E-state index contributed by atoms with van der Waals surface area (Å²) in [4.78, 5) is 23.1. The first-order valence-corrected chi connectivity index (χ1v) is 8.06. The van der Waals surface area contributed by atoms with Gasteiger partial charge in [-0.05, 0) is 35.4 Å². The molecule has 6 heteroatoms. The largest absolute Gasteiger partial charge is 0.351 e. The first kappa shape index (κ1) is 15.8. The Bertz CT molecular complexity index is 857. The number of hydrogen-bond donors (Lipinski definition) is 3. The number of nitrogens with one attached hydrogen (secondary N) is 2. The molecule has 0 aliphatic heterocycles. The van der Waals surface area contributed by atoms with E-state index < -0.39 is 6.03 Å². The minimum atomic E-state index is -0.633. The number of rotatable bonds is 4. The third kappa shape index (κ3) is 3.80. The first-order valence-electron chi connectivity index (χ1n) is 7.25. The molecule has 3 aromatic rings. The molecule has 0 bridgehead atoms. The molecule has 3 amide bonds. The molecule has 0 spiro atoms. The zero-order valence-corrected chi connectivity index (χ0v) is 13.5. The highest BCUT2D eigenvalue weighted by molar-refractivity contribution is 7.20. The summed E-state index contributed by atoms with van der Waals surface area (Å²) < 4.78 is 0. The van der Waals surface area contributed by atoms with Gasteiger partial charge in [-0.2, -0.15) is 0 Å². The molecule has 5 nitrogen and oxygen atoms in total. The van der Waals surface area contributed by atoms with Crippen LogP contribution in [0.1, 0.15) is 10.4 Å². The summed E-state index contributed by atoms with van der Waals surface area (Å²) in [6.45, 7) is 0. The molecule has 0 aliphatic carbocycles. The van der Waals surface area contributed by atoms with Crippen LogP contribution in [0, 0.1) is 0 Å². The number of carbonyl (C=O) groups is 2. The van der Waals surface area contributed by atoms with E-state index in [1.807, 2.05) is 42.5 Å². The molecule has 0 saturated heterocycles. The van der Waals surface area contributed by atoms with Crippen LogP contribution in [0.3, 0.4) is 0 Å². The Hall–Kier alpha value is -3.12. The molecular formula is C18H15N3O2S. The van der Waals surface area contributed by atoms with Crippen LogP contribution >= 0.6 is 11.3 Å². The highest BCUT2D eigenvalue weighted by Crippen LogP contribution is 2.27. The number of thiophene rings is 1. The second kappa shape index (κ2) is 6.97. The highest BCUT2D eigenvalue weighted by Gasteiger charge is 2.09. The van der Waals surface area contributed by atoms with Crippen molar-refractivity contribution in [2.45, 2.75) is 0 Å². The zero-order valence-electron chi connectivity index (χ0n) is 12.7. The third-order valence-corrected chi connectivity index (χ3v) is 4.26. The van der Waals surface area contributed by atoms with E-state index in [4.69, 9.17) is 5.73 Å². The molecule has 0 atom stereocenters. The van der Waals surface area contributed by atoms with Gasteiger partial charge in [-0.1, -0.05) is 42.5 Å². The summed E-state index contributed by atoms with van der Waals surface area (Å²) in [5.74, 6) is -0.206. The predicted octanol–water partition coefficient (Wildman–Crippen LogP) is 4.16. The standard InChI is InChI=1S/C18H15N3O2S/c19-18(23)21-16-11-10-15(24-16)20-17(22)14-8-6-13(7-9-14)12-4-2-1-3-5-12/h1-11H,(H,20,22)(H3,19,21,23). The maximum Gasteiger partial charge on any atom is 0.317 e. The highest BCUT2D eigenvalue weighted by atomic mass is 32.1. The number of hydrogen-bond acceptors (Lipinski definition) is 3. The van der Waals surface area contributed by atoms with Crippen LogP contribution < -0.4 is 16.4 Å². The minimum absolute atomic E-state index is 0.206. The molecule has 1 heterocycles. The number of benzene rings is 2. The molecule has 0 saturated carbocycles. The van der Waals surface area contributed by atoms with Crippen LogP contribution in [0.5, 0.6) is 0 Å². The average molecular weight is 337 g/mol. The Morgan fingerprint density at radius 3 is 1.96 bits per heavy atom. The summed E-state index contributed by atoms with van der Waals surface area (Å²) in [6, 6.07) is 20.1. The molecule has 0 radical (unpaired) electrons. The topological polar surface area (TPSA) is 84.2 Å². The van der Waals surface area contributed by atoms with Crippen molar-refractivity contribution in [2.75, 3.05) is 10.6 Å². The Labute approximate surface area is 143 Å². The van der Waals surface area contributed by atoms with E-state index >= 15 is 0 Å². The quantitative estimate of drug-likeness (QED) is 0.668. The normalized spacial score (nSPS) is 10.2. The number of anilines is 2. The van der Waals surface area contributed by atoms with E-state index in [1.54, 1.807) is 24.3 Å². The molecule has 2 aromatic carbocycles. The average Bonchev–Trinajstić information content (AvgIpc) is 3.02. The molecule has 0 aliphatic rings. The molecular weight excluding hydrogens is 322 g/mol. The fourth-order valence-electron chi connectivity index (χ4n) is 2.22. The van der Waals surface area contributed by atoms with E-state index in [0.717, 1.165) is 11.1 Å². The number of nitrogens with two attached hydrogens (primary N) is 1. The summed E-state index contributed by atoms with van der Waals surface area (Å²) in [5.41, 5.74) is 7.77. The monoisotopic (exact) mass is 337 g/mol. The van der Waals surface area contributed by atoms with Gasteiger partial charge in [0.25, 0.3) is 5.91 Å². The van der Waals surface area contributed by atoms with Gasteiger partial charge in [-0.25, -0.2) is 4.79 Å². The van der Waals surface area contributed by atoms with E-state index in [1.165, 1.54) is 11.3 Å². The van der Waals surface area contributed by atoms with Crippen LogP contribution in [-0.2, 0) is 0 Å². The van der Waals surface area contributed by atoms with Gasteiger partial charge in [0.2, 0.25) is 0 Å². The number of urea groups is 1. The smallest absolute Gasteiger partial charge is 0.317 e. The van der Waals surface area contributed by atoms with E-state index in [0.29, 0.717) is 15.6 Å². The third-order valence-electron chi connectivity index (χ3n) is 3.34. The van der Waals surface area contributed by atoms with Crippen molar-refractivity contribution in [1.82, 2.24) is 0 Å². The fourth-order valence-corrected chi connectivity index (χ4v) is 3.03. The van der Waals surface area contributed by atoms with Gasteiger partial charge in [0.1, 0.15) is 0 Å². The SMILES string of the molecule is NC(=O)Nc1ccc(NC(=O)c2ccc(-c3ccccc3)cc2)s1. The van der Waals surface area contributed by atoms with Crippen molar-refractivity contribution in [3.8, 4) is 11.1 Å².